The molecule has 0 unspecified atom stereocenters. The Bertz CT molecular complexity index is 249. The summed E-state index contributed by atoms with van der Waals surface area (Å²) in [5.41, 5.74) is 5.01. The van der Waals surface area contributed by atoms with Gasteiger partial charge in [-0.2, -0.15) is 0 Å². The standard InChI is InChI=1S/C5H5ClN4.C2H6/c6-4-1-8-2-5(10-4)9-3-7;1-2/h1-3H,(H2,7,9,10);1-2H3. The highest BCUT2D eigenvalue weighted by atomic mass is 35.5. The van der Waals surface area contributed by atoms with Gasteiger partial charge in [0.2, 0.25) is 0 Å². The summed E-state index contributed by atoms with van der Waals surface area (Å²) in [6, 6.07) is 0. The Morgan fingerprint density at radius 1 is 1.50 bits per heavy atom. The Morgan fingerprint density at radius 3 is 2.67 bits per heavy atom. The normalized spacial score (nSPS) is 9.25. The SMILES string of the molecule is CC.NC=Nc1cncc(Cl)n1. The number of rotatable bonds is 1. The number of halogens is 1. The molecule has 0 atom stereocenters. The summed E-state index contributed by atoms with van der Waals surface area (Å²) < 4.78 is 0. The lowest BCUT2D eigenvalue weighted by molar-refractivity contribution is 1.18. The molecular formula is C7H11ClN4. The van der Waals surface area contributed by atoms with E-state index >= 15 is 0 Å². The van der Waals surface area contributed by atoms with Crippen molar-refractivity contribution in [2.45, 2.75) is 13.8 Å². The Balaban J connectivity index is 0.000000561. The molecule has 66 valence electrons. The maximum atomic E-state index is 5.49. The predicted molar refractivity (Wildman–Crippen MR) is 50.7 cm³/mol. The molecule has 0 aliphatic carbocycles. The number of aromatic nitrogens is 2. The second-order valence-electron chi connectivity index (χ2n) is 1.48. The molecule has 0 radical (unpaired) electrons. The van der Waals surface area contributed by atoms with Crippen LogP contribution in [0, 0.1) is 0 Å². The van der Waals surface area contributed by atoms with E-state index in [0.29, 0.717) is 11.0 Å². The number of nitrogens with two attached hydrogens (primary N) is 1. The minimum absolute atomic E-state index is 0.308. The van der Waals surface area contributed by atoms with Gasteiger partial charge in [-0.05, 0) is 0 Å². The fourth-order valence-corrected chi connectivity index (χ4v) is 0.614. The van der Waals surface area contributed by atoms with Crippen LogP contribution in [0.1, 0.15) is 13.8 Å². The molecule has 12 heavy (non-hydrogen) atoms. The van der Waals surface area contributed by atoms with Crippen LogP contribution in [0.15, 0.2) is 17.4 Å². The first kappa shape index (κ1) is 10.8. The summed E-state index contributed by atoms with van der Waals surface area (Å²) in [4.78, 5) is 11.2. The summed E-state index contributed by atoms with van der Waals surface area (Å²) in [5, 5.41) is 0.308. The summed E-state index contributed by atoms with van der Waals surface area (Å²) >= 11 is 5.49. The fraction of sp³-hybridized carbons (Fsp3) is 0.286. The predicted octanol–water partition coefficient (Wildman–Crippen LogP) is 1.77. The highest BCUT2D eigenvalue weighted by molar-refractivity contribution is 6.29. The molecule has 0 aliphatic heterocycles. The van der Waals surface area contributed by atoms with Crippen molar-refractivity contribution < 1.29 is 0 Å². The molecule has 4 nitrogen and oxygen atoms in total. The topological polar surface area (TPSA) is 64.2 Å². The fourth-order valence-electron chi connectivity index (χ4n) is 0.471. The van der Waals surface area contributed by atoms with Gasteiger partial charge in [-0.25, -0.2) is 9.98 Å². The number of hydrogen-bond donors (Lipinski definition) is 1. The minimum atomic E-state index is 0.308. The van der Waals surface area contributed by atoms with E-state index in [9.17, 15) is 0 Å². The third-order valence-electron chi connectivity index (χ3n) is 0.799. The zero-order valence-corrected chi connectivity index (χ0v) is 7.78. The van der Waals surface area contributed by atoms with Crippen molar-refractivity contribution in [3.63, 3.8) is 0 Å². The maximum absolute atomic E-state index is 5.49. The van der Waals surface area contributed by atoms with E-state index in [4.69, 9.17) is 17.3 Å². The van der Waals surface area contributed by atoms with Crippen molar-refractivity contribution >= 4 is 23.8 Å². The smallest absolute Gasteiger partial charge is 0.173 e. The Morgan fingerprint density at radius 2 is 2.17 bits per heavy atom. The third-order valence-corrected chi connectivity index (χ3v) is 0.981. The van der Waals surface area contributed by atoms with E-state index in [0.717, 1.165) is 6.34 Å². The largest absolute Gasteiger partial charge is 0.390 e. The van der Waals surface area contributed by atoms with Crippen molar-refractivity contribution in [3.8, 4) is 0 Å². The molecule has 0 spiro atoms. The van der Waals surface area contributed by atoms with Crippen LogP contribution in [0.25, 0.3) is 0 Å². The maximum Gasteiger partial charge on any atom is 0.173 e. The molecule has 1 heterocycles. The van der Waals surface area contributed by atoms with Gasteiger partial charge >= 0.3 is 0 Å². The molecule has 0 aromatic carbocycles. The zero-order valence-electron chi connectivity index (χ0n) is 7.03. The number of aliphatic imine (C=N–C) groups is 1. The van der Waals surface area contributed by atoms with Gasteiger partial charge in [-0.15, -0.1) is 0 Å². The van der Waals surface area contributed by atoms with Crippen molar-refractivity contribution in [2.75, 3.05) is 0 Å². The molecule has 2 N–H and O–H groups in total. The van der Waals surface area contributed by atoms with E-state index in [1.54, 1.807) is 0 Å². The van der Waals surface area contributed by atoms with Gasteiger partial charge < -0.3 is 5.73 Å². The zero-order chi connectivity index (χ0) is 9.40. The van der Waals surface area contributed by atoms with Gasteiger partial charge in [0.25, 0.3) is 0 Å². The van der Waals surface area contributed by atoms with Crippen LogP contribution in [0.2, 0.25) is 5.15 Å². The third kappa shape index (κ3) is 3.88. The van der Waals surface area contributed by atoms with E-state index < -0.39 is 0 Å². The van der Waals surface area contributed by atoms with Gasteiger partial charge in [0, 0.05) is 0 Å². The molecule has 1 aromatic heterocycles. The molecule has 0 amide bonds. The van der Waals surface area contributed by atoms with Gasteiger partial charge in [0.15, 0.2) is 5.82 Å². The van der Waals surface area contributed by atoms with Crippen molar-refractivity contribution in [3.05, 3.63) is 17.5 Å². The van der Waals surface area contributed by atoms with Gasteiger partial charge in [0.1, 0.15) is 5.15 Å². The molecule has 0 bridgehead atoms. The summed E-state index contributed by atoms with van der Waals surface area (Å²) in [6.45, 7) is 4.00. The van der Waals surface area contributed by atoms with E-state index in [2.05, 4.69) is 15.0 Å². The van der Waals surface area contributed by atoms with E-state index in [1.165, 1.54) is 12.4 Å². The summed E-state index contributed by atoms with van der Waals surface area (Å²) in [5.74, 6) is 0.412. The quantitative estimate of drug-likeness (QED) is 0.537. The minimum Gasteiger partial charge on any atom is -0.390 e. The number of hydrogen-bond acceptors (Lipinski definition) is 3. The molecule has 0 saturated carbocycles. The van der Waals surface area contributed by atoms with Crippen LogP contribution in [0.5, 0.6) is 0 Å². The molecule has 0 aliphatic rings. The van der Waals surface area contributed by atoms with Gasteiger partial charge in [-0.1, -0.05) is 25.4 Å². The second kappa shape index (κ2) is 6.54. The van der Waals surface area contributed by atoms with Crippen LogP contribution in [0.4, 0.5) is 5.82 Å². The second-order valence-corrected chi connectivity index (χ2v) is 1.87. The summed E-state index contributed by atoms with van der Waals surface area (Å²) in [6.07, 6.45) is 4.03. The van der Waals surface area contributed by atoms with Crippen LogP contribution in [-0.4, -0.2) is 16.3 Å². The first-order valence-corrected chi connectivity index (χ1v) is 3.92. The molecule has 0 fully saturated rings. The average Bonchev–Trinajstić information content (AvgIpc) is 2.09. The van der Waals surface area contributed by atoms with Crippen LogP contribution in [-0.2, 0) is 0 Å². The van der Waals surface area contributed by atoms with Gasteiger partial charge in [0.05, 0.1) is 18.7 Å². The Kier molecular flexibility index (Phi) is 5.91. The molecule has 1 aromatic rings. The lowest BCUT2D eigenvalue weighted by atomic mass is 10.7. The molecular weight excluding hydrogens is 176 g/mol. The average molecular weight is 187 g/mol. The van der Waals surface area contributed by atoms with Crippen molar-refractivity contribution in [1.82, 2.24) is 9.97 Å². The first-order chi connectivity index (χ1) is 5.83. The first-order valence-electron chi connectivity index (χ1n) is 3.55. The van der Waals surface area contributed by atoms with Crippen LogP contribution >= 0.6 is 11.6 Å². The highest BCUT2D eigenvalue weighted by Crippen LogP contribution is 2.08. The van der Waals surface area contributed by atoms with E-state index in [1.807, 2.05) is 13.8 Å². The molecule has 0 saturated heterocycles. The van der Waals surface area contributed by atoms with Crippen LogP contribution in [0.3, 0.4) is 0 Å². The Labute approximate surface area is 76.5 Å². The highest BCUT2D eigenvalue weighted by Gasteiger charge is 1.90. The summed E-state index contributed by atoms with van der Waals surface area (Å²) in [7, 11) is 0. The van der Waals surface area contributed by atoms with Gasteiger partial charge in [-0.3, -0.25) is 4.98 Å². The lowest BCUT2D eigenvalue weighted by Gasteiger charge is -1.89. The van der Waals surface area contributed by atoms with Crippen molar-refractivity contribution in [1.29, 1.82) is 0 Å². The van der Waals surface area contributed by atoms with E-state index in [-0.39, 0.29) is 0 Å². The van der Waals surface area contributed by atoms with Crippen molar-refractivity contribution in [2.24, 2.45) is 10.7 Å². The molecule has 1 rings (SSSR count). The van der Waals surface area contributed by atoms with Crippen LogP contribution < -0.4 is 5.73 Å². The lowest BCUT2D eigenvalue weighted by Crippen LogP contribution is -1.88. The number of nitrogens with zero attached hydrogens (tertiary/aromatic N) is 3. The molecule has 5 heteroatoms. The Hall–Kier alpha value is -1.16. The monoisotopic (exact) mass is 186 g/mol.